The molecule has 0 aliphatic carbocycles. The maximum atomic E-state index is 6.50. The number of halogens is 1. The summed E-state index contributed by atoms with van der Waals surface area (Å²) in [6.45, 7) is 4.42. The minimum atomic E-state index is 0.553. The van der Waals surface area contributed by atoms with Gasteiger partial charge < -0.3 is 9.64 Å². The molecule has 1 N–H and O–H groups in total. The van der Waals surface area contributed by atoms with Gasteiger partial charge in [-0.1, -0.05) is 41.9 Å². The summed E-state index contributed by atoms with van der Waals surface area (Å²) in [6, 6.07) is 10.3. The molecule has 0 radical (unpaired) electrons. The molecule has 1 aliphatic heterocycles. The van der Waals surface area contributed by atoms with Crippen molar-refractivity contribution in [3.8, 4) is 11.1 Å². The van der Waals surface area contributed by atoms with Crippen LogP contribution >= 0.6 is 22.9 Å². The van der Waals surface area contributed by atoms with Crippen LogP contribution in [0.1, 0.15) is 5.82 Å². The number of hydrogen-bond donors (Lipinski definition) is 1. The average molecular weight is 347 g/mol. The van der Waals surface area contributed by atoms with Crippen molar-refractivity contribution in [3.63, 3.8) is 0 Å². The number of aromatic nitrogens is 2. The highest BCUT2D eigenvalue weighted by Crippen LogP contribution is 2.36. The van der Waals surface area contributed by atoms with Gasteiger partial charge in [0.15, 0.2) is 5.82 Å². The van der Waals surface area contributed by atoms with Gasteiger partial charge in [-0.05, 0) is 5.56 Å². The molecule has 1 fully saturated rings. The zero-order valence-corrected chi connectivity index (χ0v) is 14.2. The van der Waals surface area contributed by atoms with Gasteiger partial charge in [-0.25, -0.2) is 9.97 Å². The number of quaternary nitrogens is 1. The topological polar surface area (TPSA) is 39.5 Å². The summed E-state index contributed by atoms with van der Waals surface area (Å²) in [5, 5.41) is 3.63. The maximum absolute atomic E-state index is 6.50. The second kappa shape index (κ2) is 6.53. The van der Waals surface area contributed by atoms with Crippen molar-refractivity contribution in [2.75, 3.05) is 26.3 Å². The molecule has 23 heavy (non-hydrogen) atoms. The van der Waals surface area contributed by atoms with E-state index in [9.17, 15) is 0 Å². The number of nitrogens with zero attached hydrogens (tertiary/aromatic N) is 2. The number of hydrogen-bond acceptors (Lipinski definition) is 4. The van der Waals surface area contributed by atoms with Gasteiger partial charge in [0.05, 0.1) is 18.6 Å². The van der Waals surface area contributed by atoms with Gasteiger partial charge in [0.25, 0.3) is 0 Å². The first-order chi connectivity index (χ1) is 11.3. The Morgan fingerprint density at radius 3 is 2.70 bits per heavy atom. The van der Waals surface area contributed by atoms with Gasteiger partial charge in [0.2, 0.25) is 0 Å². The van der Waals surface area contributed by atoms with Crippen LogP contribution < -0.4 is 4.90 Å². The van der Waals surface area contributed by atoms with Crippen molar-refractivity contribution >= 4 is 33.2 Å². The summed E-state index contributed by atoms with van der Waals surface area (Å²) in [5.41, 5.74) is 2.26. The third-order valence-electron chi connectivity index (χ3n) is 4.13. The van der Waals surface area contributed by atoms with Crippen LogP contribution in [0.4, 0.5) is 0 Å². The molecule has 0 bridgehead atoms. The lowest BCUT2D eigenvalue weighted by molar-refractivity contribution is -0.922. The summed E-state index contributed by atoms with van der Waals surface area (Å²) in [6.07, 6.45) is 0. The van der Waals surface area contributed by atoms with Crippen LogP contribution in [0.15, 0.2) is 35.7 Å². The normalized spacial score (nSPS) is 16.0. The fourth-order valence-electron chi connectivity index (χ4n) is 2.91. The molecule has 1 saturated heterocycles. The van der Waals surface area contributed by atoms with Crippen molar-refractivity contribution in [3.05, 3.63) is 46.7 Å². The van der Waals surface area contributed by atoms with E-state index in [1.54, 1.807) is 11.3 Å². The first kappa shape index (κ1) is 15.0. The molecule has 0 atom stereocenters. The zero-order valence-electron chi connectivity index (χ0n) is 12.6. The monoisotopic (exact) mass is 346 g/mol. The van der Waals surface area contributed by atoms with Gasteiger partial charge in [-0.2, -0.15) is 0 Å². The Labute approximate surface area is 143 Å². The van der Waals surface area contributed by atoms with Crippen molar-refractivity contribution in [2.24, 2.45) is 0 Å². The summed E-state index contributed by atoms with van der Waals surface area (Å²) < 4.78 is 5.40. The Morgan fingerprint density at radius 2 is 1.91 bits per heavy atom. The first-order valence-corrected chi connectivity index (χ1v) is 8.97. The van der Waals surface area contributed by atoms with Gasteiger partial charge >= 0.3 is 0 Å². The van der Waals surface area contributed by atoms with Crippen LogP contribution in [0.2, 0.25) is 5.15 Å². The Morgan fingerprint density at radius 1 is 1.13 bits per heavy atom. The molecule has 0 unspecified atom stereocenters. The van der Waals surface area contributed by atoms with E-state index in [1.807, 2.05) is 18.2 Å². The quantitative estimate of drug-likeness (QED) is 0.740. The largest absolute Gasteiger partial charge is 0.370 e. The predicted molar refractivity (Wildman–Crippen MR) is 93.1 cm³/mol. The van der Waals surface area contributed by atoms with Crippen LogP contribution in [0.3, 0.4) is 0 Å². The van der Waals surface area contributed by atoms with E-state index in [0.29, 0.717) is 5.15 Å². The molecule has 0 amide bonds. The van der Waals surface area contributed by atoms with Crippen LogP contribution in [0, 0.1) is 0 Å². The third-order valence-corrected chi connectivity index (χ3v) is 5.27. The van der Waals surface area contributed by atoms with Gasteiger partial charge in [-0.15, -0.1) is 11.3 Å². The molecular weight excluding hydrogens is 330 g/mol. The van der Waals surface area contributed by atoms with E-state index >= 15 is 0 Å². The van der Waals surface area contributed by atoms with Gasteiger partial charge in [0, 0.05) is 10.9 Å². The van der Waals surface area contributed by atoms with E-state index in [-0.39, 0.29) is 0 Å². The van der Waals surface area contributed by atoms with Crippen molar-refractivity contribution in [1.82, 2.24) is 9.97 Å². The van der Waals surface area contributed by atoms with E-state index in [1.165, 1.54) is 4.90 Å². The van der Waals surface area contributed by atoms with Gasteiger partial charge in [-0.3, -0.25) is 0 Å². The third kappa shape index (κ3) is 3.10. The van der Waals surface area contributed by atoms with Crippen molar-refractivity contribution < 1.29 is 9.64 Å². The van der Waals surface area contributed by atoms with E-state index in [4.69, 9.17) is 21.3 Å². The fraction of sp³-hybridized carbons (Fsp3) is 0.294. The molecule has 4 nitrogen and oxygen atoms in total. The number of benzene rings is 1. The number of ether oxygens (including phenoxy) is 1. The van der Waals surface area contributed by atoms with Crippen LogP contribution in [0.25, 0.3) is 21.3 Å². The molecule has 3 heterocycles. The predicted octanol–water partition coefficient (Wildman–Crippen LogP) is 2.43. The molecule has 0 spiro atoms. The number of thiophene rings is 1. The van der Waals surface area contributed by atoms with Crippen molar-refractivity contribution in [2.45, 2.75) is 6.54 Å². The lowest BCUT2D eigenvalue weighted by atomic mass is 10.1. The molecule has 0 saturated carbocycles. The minimum Gasteiger partial charge on any atom is -0.370 e. The molecule has 118 valence electrons. The number of fused-ring (bicyclic) bond motifs is 1. The zero-order chi connectivity index (χ0) is 15.6. The summed E-state index contributed by atoms with van der Waals surface area (Å²) >= 11 is 8.13. The molecule has 6 heteroatoms. The average Bonchev–Trinajstić information content (AvgIpc) is 3.01. The molecule has 2 aromatic heterocycles. The number of rotatable bonds is 3. The Balaban J connectivity index is 1.69. The summed E-state index contributed by atoms with van der Waals surface area (Å²) in [5.74, 6) is 0.820. The van der Waals surface area contributed by atoms with Crippen molar-refractivity contribution in [1.29, 1.82) is 0 Å². The van der Waals surface area contributed by atoms with Gasteiger partial charge in [0.1, 0.15) is 29.6 Å². The smallest absolute Gasteiger partial charge is 0.186 e. The highest BCUT2D eigenvalue weighted by Gasteiger charge is 2.19. The standard InChI is InChI=1S/C17H16ClN3OS/c18-16-15-13(12-4-2-1-3-5-12)11-23-17(15)20-14(19-16)10-21-6-8-22-9-7-21/h1-5,11H,6-10H2/p+1. The maximum Gasteiger partial charge on any atom is 0.186 e. The Bertz CT molecular complexity index is 815. The highest BCUT2D eigenvalue weighted by molar-refractivity contribution is 7.17. The second-order valence-electron chi connectivity index (χ2n) is 5.67. The molecular formula is C17H17ClN3OS+. The summed E-state index contributed by atoms with van der Waals surface area (Å²) in [7, 11) is 0. The Kier molecular flexibility index (Phi) is 4.27. The van der Waals surface area contributed by atoms with E-state index in [0.717, 1.165) is 60.0 Å². The van der Waals surface area contributed by atoms with E-state index in [2.05, 4.69) is 22.5 Å². The molecule has 1 aliphatic rings. The highest BCUT2D eigenvalue weighted by atomic mass is 35.5. The molecule has 3 aromatic rings. The van der Waals surface area contributed by atoms with E-state index < -0.39 is 0 Å². The SMILES string of the molecule is Clc1nc(C[NH+]2CCOCC2)nc2scc(-c3ccccc3)c12. The Hall–Kier alpha value is -1.53. The van der Waals surface area contributed by atoms with Crippen LogP contribution in [-0.4, -0.2) is 36.3 Å². The summed E-state index contributed by atoms with van der Waals surface area (Å²) in [4.78, 5) is 11.7. The van der Waals surface area contributed by atoms with Crippen LogP contribution in [0.5, 0.6) is 0 Å². The number of morpholine rings is 1. The fourth-order valence-corrected chi connectivity index (χ4v) is 4.22. The number of nitrogens with one attached hydrogen (secondary N) is 1. The molecule has 1 aromatic carbocycles. The minimum absolute atomic E-state index is 0.553. The molecule has 4 rings (SSSR count). The second-order valence-corrected chi connectivity index (χ2v) is 6.88. The lowest BCUT2D eigenvalue weighted by Crippen LogP contribution is -3.12. The van der Waals surface area contributed by atoms with Crippen LogP contribution in [-0.2, 0) is 11.3 Å². The first-order valence-electron chi connectivity index (χ1n) is 7.71. The lowest BCUT2D eigenvalue weighted by Gasteiger charge is -2.22.